The fourth-order valence-electron chi connectivity index (χ4n) is 2.87. The first-order valence-corrected chi connectivity index (χ1v) is 9.77. The Morgan fingerprint density at radius 2 is 1.77 bits per heavy atom. The third kappa shape index (κ3) is 5.76. The van der Waals surface area contributed by atoms with Gasteiger partial charge in [-0.3, -0.25) is 4.79 Å². The number of benzene rings is 2. The van der Waals surface area contributed by atoms with Gasteiger partial charge in [0.2, 0.25) is 0 Å². The van der Waals surface area contributed by atoms with Crippen molar-refractivity contribution >= 4 is 11.6 Å². The molecule has 8 nitrogen and oxygen atoms in total. The van der Waals surface area contributed by atoms with Gasteiger partial charge in [0.05, 0.1) is 25.0 Å². The molecule has 0 aliphatic heterocycles. The predicted molar refractivity (Wildman–Crippen MR) is 115 cm³/mol. The minimum absolute atomic E-state index is 0.261. The van der Waals surface area contributed by atoms with Crippen LogP contribution in [0.1, 0.15) is 27.4 Å². The lowest BCUT2D eigenvalue weighted by Crippen LogP contribution is -2.12. The number of methoxy groups -OCH3 is 2. The van der Waals surface area contributed by atoms with E-state index in [0.717, 1.165) is 11.3 Å². The van der Waals surface area contributed by atoms with Crippen molar-refractivity contribution < 1.29 is 28.3 Å². The Kier molecular flexibility index (Phi) is 7.50. The van der Waals surface area contributed by atoms with E-state index in [2.05, 4.69) is 10.5 Å². The Labute approximate surface area is 181 Å². The Morgan fingerprint density at radius 3 is 2.42 bits per heavy atom. The summed E-state index contributed by atoms with van der Waals surface area (Å²) < 4.78 is 26.9. The third-order valence-electron chi connectivity index (χ3n) is 4.65. The highest BCUT2D eigenvalue weighted by Crippen LogP contribution is 2.30. The molecule has 1 aromatic heterocycles. The van der Waals surface area contributed by atoms with Crippen molar-refractivity contribution in [2.24, 2.45) is 0 Å². The van der Waals surface area contributed by atoms with Crippen LogP contribution in [0, 0.1) is 13.8 Å². The summed E-state index contributed by atoms with van der Waals surface area (Å²) >= 11 is 0. The number of ether oxygens (including phenoxy) is 4. The van der Waals surface area contributed by atoms with E-state index in [1.807, 2.05) is 13.8 Å². The SMILES string of the molecule is COCCOc1ccc(NC(=O)c2ccc(OCc3c(C)noc3C)c(OC)c2)cc1. The molecule has 1 amide bonds. The van der Waals surface area contributed by atoms with E-state index >= 15 is 0 Å². The van der Waals surface area contributed by atoms with Gasteiger partial charge in [0.25, 0.3) is 5.91 Å². The first kappa shape index (κ1) is 22.2. The van der Waals surface area contributed by atoms with Crippen molar-refractivity contribution in [3.05, 3.63) is 65.0 Å². The second kappa shape index (κ2) is 10.5. The first-order chi connectivity index (χ1) is 15.0. The maximum Gasteiger partial charge on any atom is 0.255 e. The second-order valence-electron chi connectivity index (χ2n) is 6.78. The summed E-state index contributed by atoms with van der Waals surface area (Å²) in [7, 11) is 3.15. The van der Waals surface area contributed by atoms with Crippen molar-refractivity contribution in [3.8, 4) is 17.2 Å². The van der Waals surface area contributed by atoms with E-state index in [1.165, 1.54) is 7.11 Å². The number of hydrogen-bond acceptors (Lipinski definition) is 7. The van der Waals surface area contributed by atoms with E-state index in [-0.39, 0.29) is 5.91 Å². The van der Waals surface area contributed by atoms with Crippen LogP contribution in [-0.2, 0) is 11.3 Å². The molecule has 0 radical (unpaired) electrons. The molecule has 0 fully saturated rings. The van der Waals surface area contributed by atoms with Crippen LogP contribution < -0.4 is 19.5 Å². The Hall–Kier alpha value is -3.52. The number of carbonyl (C=O) groups is 1. The van der Waals surface area contributed by atoms with Gasteiger partial charge >= 0.3 is 0 Å². The maximum absolute atomic E-state index is 12.6. The van der Waals surface area contributed by atoms with Gasteiger partial charge in [-0.25, -0.2) is 0 Å². The van der Waals surface area contributed by atoms with Gasteiger partial charge in [0.1, 0.15) is 24.7 Å². The first-order valence-electron chi connectivity index (χ1n) is 9.77. The van der Waals surface area contributed by atoms with Crippen LogP contribution in [0.25, 0.3) is 0 Å². The van der Waals surface area contributed by atoms with Crippen LogP contribution in [0.15, 0.2) is 47.0 Å². The molecule has 2 aromatic carbocycles. The van der Waals surface area contributed by atoms with E-state index in [1.54, 1.807) is 49.6 Å². The van der Waals surface area contributed by atoms with E-state index in [0.29, 0.717) is 54.1 Å². The summed E-state index contributed by atoms with van der Waals surface area (Å²) in [6.07, 6.45) is 0. The molecule has 0 aliphatic carbocycles. The van der Waals surface area contributed by atoms with Gasteiger partial charge < -0.3 is 28.8 Å². The van der Waals surface area contributed by atoms with E-state index in [9.17, 15) is 4.79 Å². The lowest BCUT2D eigenvalue weighted by atomic mass is 10.1. The molecule has 164 valence electrons. The molecule has 1 N–H and O–H groups in total. The van der Waals surface area contributed by atoms with Crippen molar-refractivity contribution in [2.75, 3.05) is 32.8 Å². The molecule has 3 rings (SSSR count). The maximum atomic E-state index is 12.6. The van der Waals surface area contributed by atoms with Gasteiger partial charge in [0, 0.05) is 18.4 Å². The molecule has 0 saturated carbocycles. The largest absolute Gasteiger partial charge is 0.493 e. The van der Waals surface area contributed by atoms with Crippen LogP contribution in [0.3, 0.4) is 0 Å². The number of aromatic nitrogens is 1. The number of nitrogens with one attached hydrogen (secondary N) is 1. The number of aryl methyl sites for hydroxylation is 2. The molecule has 8 heteroatoms. The minimum Gasteiger partial charge on any atom is -0.493 e. The van der Waals surface area contributed by atoms with Crippen LogP contribution >= 0.6 is 0 Å². The molecular weight excluding hydrogens is 400 g/mol. The Morgan fingerprint density at radius 1 is 1.00 bits per heavy atom. The second-order valence-corrected chi connectivity index (χ2v) is 6.78. The van der Waals surface area contributed by atoms with Crippen LogP contribution in [-0.4, -0.2) is 38.5 Å². The molecule has 0 saturated heterocycles. The predicted octanol–water partition coefficient (Wildman–Crippen LogP) is 4.16. The van der Waals surface area contributed by atoms with Crippen molar-refractivity contribution in [1.29, 1.82) is 0 Å². The summed E-state index contributed by atoms with van der Waals surface area (Å²) in [6, 6.07) is 12.2. The fraction of sp³-hybridized carbons (Fsp3) is 0.304. The molecular formula is C23H26N2O6. The average Bonchev–Trinajstić information content (AvgIpc) is 3.10. The highest BCUT2D eigenvalue weighted by atomic mass is 16.5. The summed E-state index contributed by atoms with van der Waals surface area (Å²) in [6.45, 7) is 4.96. The molecule has 0 bridgehead atoms. The smallest absolute Gasteiger partial charge is 0.255 e. The number of nitrogens with zero attached hydrogens (tertiary/aromatic N) is 1. The van der Waals surface area contributed by atoms with Crippen LogP contribution in [0.4, 0.5) is 5.69 Å². The topological polar surface area (TPSA) is 92.1 Å². The van der Waals surface area contributed by atoms with Gasteiger partial charge in [-0.1, -0.05) is 5.16 Å². The fourth-order valence-corrected chi connectivity index (χ4v) is 2.87. The number of rotatable bonds is 10. The van der Waals surface area contributed by atoms with Gasteiger partial charge in [-0.15, -0.1) is 0 Å². The molecule has 3 aromatic rings. The molecule has 0 spiro atoms. The molecule has 31 heavy (non-hydrogen) atoms. The standard InChI is InChI=1S/C23H26N2O6/c1-15-20(16(2)31-25-15)14-30-21-10-5-17(13-22(21)28-4)23(26)24-18-6-8-19(9-7-18)29-12-11-27-3/h5-10,13H,11-12,14H2,1-4H3,(H,24,26). The zero-order valence-electron chi connectivity index (χ0n) is 18.1. The summed E-state index contributed by atoms with van der Waals surface area (Å²) in [5, 5.41) is 6.78. The molecule has 0 aliphatic rings. The monoisotopic (exact) mass is 426 g/mol. The van der Waals surface area contributed by atoms with Crippen LogP contribution in [0.2, 0.25) is 0 Å². The summed E-state index contributed by atoms with van der Waals surface area (Å²) in [5.74, 6) is 2.14. The molecule has 0 atom stereocenters. The van der Waals surface area contributed by atoms with Crippen molar-refractivity contribution in [3.63, 3.8) is 0 Å². The average molecular weight is 426 g/mol. The minimum atomic E-state index is -0.261. The lowest BCUT2D eigenvalue weighted by molar-refractivity contribution is 0.102. The quantitative estimate of drug-likeness (QED) is 0.487. The number of hydrogen-bond donors (Lipinski definition) is 1. The van der Waals surface area contributed by atoms with E-state index in [4.69, 9.17) is 23.5 Å². The lowest BCUT2D eigenvalue weighted by Gasteiger charge is -2.12. The van der Waals surface area contributed by atoms with Crippen molar-refractivity contribution in [1.82, 2.24) is 5.16 Å². The van der Waals surface area contributed by atoms with Gasteiger partial charge in [-0.2, -0.15) is 0 Å². The zero-order chi connectivity index (χ0) is 22.2. The van der Waals surface area contributed by atoms with E-state index < -0.39 is 0 Å². The Balaban J connectivity index is 1.63. The van der Waals surface area contributed by atoms with Crippen molar-refractivity contribution in [2.45, 2.75) is 20.5 Å². The third-order valence-corrected chi connectivity index (χ3v) is 4.65. The molecule has 0 unspecified atom stereocenters. The zero-order valence-corrected chi connectivity index (χ0v) is 18.1. The number of carbonyl (C=O) groups excluding carboxylic acids is 1. The summed E-state index contributed by atoms with van der Waals surface area (Å²) in [4.78, 5) is 12.6. The van der Waals surface area contributed by atoms with Gasteiger partial charge in [-0.05, 0) is 56.3 Å². The molecule has 1 heterocycles. The van der Waals surface area contributed by atoms with Gasteiger partial charge in [0.15, 0.2) is 11.5 Å². The highest BCUT2D eigenvalue weighted by Gasteiger charge is 2.14. The highest BCUT2D eigenvalue weighted by molar-refractivity contribution is 6.04. The number of amides is 1. The number of anilines is 1. The normalized spacial score (nSPS) is 10.6. The van der Waals surface area contributed by atoms with Crippen LogP contribution in [0.5, 0.6) is 17.2 Å². The summed E-state index contributed by atoms with van der Waals surface area (Å²) in [5.41, 5.74) is 2.77. The Bertz CT molecular complexity index is 994.